The second-order valence-corrected chi connectivity index (χ2v) is 5.75. The standard InChI is InChI=1S/C14H11BrClNOS/c1-8-6-10(3-5-12(8)15)18-13-7-9(16)2-4-11(13)14(17)19/h2-7H,1H3,(H2,17,19). The lowest BCUT2D eigenvalue weighted by molar-refractivity contribution is 0.481. The second kappa shape index (κ2) is 5.90. The van der Waals surface area contributed by atoms with Crippen molar-refractivity contribution in [1.29, 1.82) is 0 Å². The third kappa shape index (κ3) is 3.47. The highest BCUT2D eigenvalue weighted by Gasteiger charge is 2.09. The summed E-state index contributed by atoms with van der Waals surface area (Å²) < 4.78 is 6.84. The molecule has 0 unspecified atom stereocenters. The number of hydrogen-bond acceptors (Lipinski definition) is 2. The number of aryl methyl sites for hydroxylation is 1. The van der Waals surface area contributed by atoms with Gasteiger partial charge in [0.15, 0.2) is 0 Å². The van der Waals surface area contributed by atoms with Crippen molar-refractivity contribution in [2.75, 3.05) is 0 Å². The molecule has 0 amide bonds. The summed E-state index contributed by atoms with van der Waals surface area (Å²) in [7, 11) is 0. The van der Waals surface area contributed by atoms with Gasteiger partial charge in [0.2, 0.25) is 0 Å². The zero-order chi connectivity index (χ0) is 14.0. The topological polar surface area (TPSA) is 35.2 Å². The van der Waals surface area contributed by atoms with Gasteiger partial charge in [-0.15, -0.1) is 0 Å². The van der Waals surface area contributed by atoms with E-state index in [-0.39, 0.29) is 4.99 Å². The quantitative estimate of drug-likeness (QED) is 0.799. The fourth-order valence-corrected chi connectivity index (χ4v) is 2.17. The molecule has 0 saturated heterocycles. The Morgan fingerprint density at radius 2 is 2.00 bits per heavy atom. The van der Waals surface area contributed by atoms with Crippen molar-refractivity contribution in [3.63, 3.8) is 0 Å². The van der Waals surface area contributed by atoms with Crippen molar-refractivity contribution in [3.8, 4) is 11.5 Å². The van der Waals surface area contributed by atoms with Crippen LogP contribution >= 0.6 is 39.7 Å². The Bertz CT molecular complexity index is 645. The van der Waals surface area contributed by atoms with Gasteiger partial charge in [0.25, 0.3) is 0 Å². The average molecular weight is 357 g/mol. The van der Waals surface area contributed by atoms with Crippen molar-refractivity contribution < 1.29 is 4.74 Å². The van der Waals surface area contributed by atoms with Gasteiger partial charge in [-0.3, -0.25) is 0 Å². The zero-order valence-electron chi connectivity index (χ0n) is 10.1. The number of benzene rings is 2. The number of nitrogens with two attached hydrogens (primary N) is 1. The highest BCUT2D eigenvalue weighted by molar-refractivity contribution is 9.10. The monoisotopic (exact) mass is 355 g/mol. The van der Waals surface area contributed by atoms with Gasteiger partial charge in [-0.2, -0.15) is 0 Å². The van der Waals surface area contributed by atoms with Gasteiger partial charge in [-0.25, -0.2) is 0 Å². The predicted octanol–water partition coefficient (Wildman–Crippen LogP) is 4.84. The Hall–Kier alpha value is -1.10. The molecule has 5 heteroatoms. The fraction of sp³-hybridized carbons (Fsp3) is 0.0714. The summed E-state index contributed by atoms with van der Waals surface area (Å²) >= 11 is 14.4. The lowest BCUT2D eigenvalue weighted by atomic mass is 10.2. The maximum atomic E-state index is 5.97. The summed E-state index contributed by atoms with van der Waals surface area (Å²) in [4.78, 5) is 0.278. The molecule has 0 saturated carbocycles. The molecule has 0 aliphatic rings. The number of rotatable bonds is 3. The van der Waals surface area contributed by atoms with E-state index in [0.29, 0.717) is 22.1 Å². The number of hydrogen-bond donors (Lipinski definition) is 1. The number of thiocarbonyl (C=S) groups is 1. The largest absolute Gasteiger partial charge is 0.457 e. The van der Waals surface area contributed by atoms with Gasteiger partial charge < -0.3 is 10.5 Å². The van der Waals surface area contributed by atoms with E-state index in [1.807, 2.05) is 25.1 Å². The molecule has 2 nitrogen and oxygen atoms in total. The van der Waals surface area contributed by atoms with Crippen LogP contribution in [-0.4, -0.2) is 4.99 Å². The first kappa shape index (κ1) is 14.3. The van der Waals surface area contributed by atoms with Crippen molar-refractivity contribution >= 4 is 44.7 Å². The molecule has 2 aromatic carbocycles. The molecule has 0 aliphatic carbocycles. The van der Waals surface area contributed by atoms with E-state index in [4.69, 9.17) is 34.3 Å². The Kier molecular flexibility index (Phi) is 4.45. The van der Waals surface area contributed by atoms with E-state index in [1.165, 1.54) is 0 Å². The van der Waals surface area contributed by atoms with Crippen LogP contribution in [0.25, 0.3) is 0 Å². The smallest absolute Gasteiger partial charge is 0.139 e. The molecular weight excluding hydrogens is 346 g/mol. The van der Waals surface area contributed by atoms with E-state index in [1.54, 1.807) is 18.2 Å². The average Bonchev–Trinajstić information content (AvgIpc) is 2.33. The van der Waals surface area contributed by atoms with E-state index in [2.05, 4.69) is 15.9 Å². The normalized spacial score (nSPS) is 10.3. The Labute approximate surface area is 130 Å². The Balaban J connectivity index is 2.39. The van der Waals surface area contributed by atoms with Crippen LogP contribution in [-0.2, 0) is 0 Å². The first-order valence-electron chi connectivity index (χ1n) is 5.51. The highest BCUT2D eigenvalue weighted by Crippen LogP contribution is 2.30. The van der Waals surface area contributed by atoms with Gasteiger partial charge in [-0.05, 0) is 42.8 Å². The minimum atomic E-state index is 0.278. The summed E-state index contributed by atoms with van der Waals surface area (Å²) in [5.41, 5.74) is 7.42. The molecule has 0 radical (unpaired) electrons. The van der Waals surface area contributed by atoms with E-state index >= 15 is 0 Å². The van der Waals surface area contributed by atoms with Crippen LogP contribution in [0, 0.1) is 6.92 Å². The lowest BCUT2D eigenvalue weighted by Crippen LogP contribution is -2.10. The zero-order valence-corrected chi connectivity index (χ0v) is 13.3. The lowest BCUT2D eigenvalue weighted by Gasteiger charge is -2.11. The number of halogens is 2. The molecule has 2 rings (SSSR count). The Morgan fingerprint density at radius 3 is 2.63 bits per heavy atom. The van der Waals surface area contributed by atoms with Crippen molar-refractivity contribution in [2.45, 2.75) is 6.92 Å². The van der Waals surface area contributed by atoms with Gasteiger partial charge >= 0.3 is 0 Å². The molecule has 0 spiro atoms. The van der Waals surface area contributed by atoms with E-state index in [0.717, 1.165) is 10.0 Å². The van der Waals surface area contributed by atoms with Gasteiger partial charge in [0.1, 0.15) is 16.5 Å². The molecule has 0 atom stereocenters. The maximum Gasteiger partial charge on any atom is 0.139 e. The van der Waals surface area contributed by atoms with Crippen LogP contribution in [0.5, 0.6) is 11.5 Å². The summed E-state index contributed by atoms with van der Waals surface area (Å²) in [6, 6.07) is 10.9. The molecule has 0 aromatic heterocycles. The maximum absolute atomic E-state index is 5.97. The molecule has 0 heterocycles. The van der Waals surface area contributed by atoms with Crippen LogP contribution in [0.15, 0.2) is 40.9 Å². The summed E-state index contributed by atoms with van der Waals surface area (Å²) in [6.07, 6.45) is 0. The van der Waals surface area contributed by atoms with Gasteiger partial charge in [-0.1, -0.05) is 39.7 Å². The molecule has 2 aromatic rings. The molecule has 0 fully saturated rings. The summed E-state index contributed by atoms with van der Waals surface area (Å²) in [5, 5.41) is 0.573. The minimum absolute atomic E-state index is 0.278. The Morgan fingerprint density at radius 1 is 1.26 bits per heavy atom. The third-order valence-electron chi connectivity index (χ3n) is 2.57. The minimum Gasteiger partial charge on any atom is -0.457 e. The molecule has 0 aliphatic heterocycles. The van der Waals surface area contributed by atoms with Crippen LogP contribution < -0.4 is 10.5 Å². The first-order chi connectivity index (χ1) is 8.97. The molecule has 98 valence electrons. The summed E-state index contributed by atoms with van der Waals surface area (Å²) in [5.74, 6) is 1.27. The van der Waals surface area contributed by atoms with Crippen molar-refractivity contribution in [2.24, 2.45) is 5.73 Å². The first-order valence-corrected chi connectivity index (χ1v) is 7.08. The van der Waals surface area contributed by atoms with Crippen molar-refractivity contribution in [3.05, 3.63) is 57.0 Å². The van der Waals surface area contributed by atoms with E-state index < -0.39 is 0 Å². The predicted molar refractivity (Wildman–Crippen MR) is 86.3 cm³/mol. The molecule has 0 bridgehead atoms. The van der Waals surface area contributed by atoms with Crippen LogP contribution in [0.1, 0.15) is 11.1 Å². The van der Waals surface area contributed by atoms with Gasteiger partial charge in [0.05, 0.1) is 5.56 Å². The van der Waals surface area contributed by atoms with E-state index in [9.17, 15) is 0 Å². The second-order valence-electron chi connectivity index (χ2n) is 4.02. The van der Waals surface area contributed by atoms with Crippen LogP contribution in [0.3, 0.4) is 0 Å². The number of ether oxygens (including phenoxy) is 1. The van der Waals surface area contributed by atoms with Crippen LogP contribution in [0.4, 0.5) is 0 Å². The molecule has 19 heavy (non-hydrogen) atoms. The molecule has 2 N–H and O–H groups in total. The fourth-order valence-electron chi connectivity index (χ4n) is 1.59. The third-order valence-corrected chi connectivity index (χ3v) is 3.91. The summed E-state index contributed by atoms with van der Waals surface area (Å²) in [6.45, 7) is 1.99. The van der Waals surface area contributed by atoms with Crippen molar-refractivity contribution in [1.82, 2.24) is 0 Å². The highest BCUT2D eigenvalue weighted by atomic mass is 79.9. The van der Waals surface area contributed by atoms with Gasteiger partial charge in [0, 0.05) is 15.6 Å². The molecular formula is C14H11BrClNOS. The van der Waals surface area contributed by atoms with Crippen LogP contribution in [0.2, 0.25) is 5.02 Å². The SMILES string of the molecule is Cc1cc(Oc2cc(Cl)ccc2C(N)=S)ccc1Br.